The molecule has 16 heavy (non-hydrogen) atoms. The van der Waals surface area contributed by atoms with Crippen molar-refractivity contribution in [3.05, 3.63) is 27.7 Å². The van der Waals surface area contributed by atoms with E-state index in [1.165, 1.54) is 0 Å². The number of hydrogen-bond donors (Lipinski definition) is 1. The molecule has 0 aromatic heterocycles. The molecular formula is C11H11BrClNO2. The number of carbonyl (C=O) groups excluding carboxylic acids is 1. The van der Waals surface area contributed by atoms with Gasteiger partial charge >= 0.3 is 0 Å². The van der Waals surface area contributed by atoms with Crippen LogP contribution in [-0.4, -0.2) is 18.6 Å². The zero-order valence-electron chi connectivity index (χ0n) is 8.50. The molecule has 1 aromatic rings. The molecular weight excluding hydrogens is 293 g/mol. The molecule has 0 spiro atoms. The average molecular weight is 305 g/mol. The van der Waals surface area contributed by atoms with Crippen LogP contribution < -0.4 is 5.32 Å². The Morgan fingerprint density at radius 3 is 3.06 bits per heavy atom. The molecule has 0 radical (unpaired) electrons. The summed E-state index contributed by atoms with van der Waals surface area (Å²) >= 11 is 9.26. The second-order valence-electron chi connectivity index (χ2n) is 3.59. The van der Waals surface area contributed by atoms with Crippen molar-refractivity contribution in [2.24, 2.45) is 0 Å². The van der Waals surface area contributed by atoms with Crippen LogP contribution in [0.4, 0.5) is 5.69 Å². The molecule has 5 heteroatoms. The molecule has 0 saturated carbocycles. The molecule has 3 nitrogen and oxygen atoms in total. The first-order valence-electron chi connectivity index (χ1n) is 5.05. The highest BCUT2D eigenvalue weighted by atomic mass is 79.9. The fraction of sp³-hybridized carbons (Fsp3) is 0.364. The van der Waals surface area contributed by atoms with E-state index in [0.717, 1.165) is 12.8 Å². The van der Waals surface area contributed by atoms with Crippen LogP contribution >= 0.6 is 27.5 Å². The van der Waals surface area contributed by atoms with Gasteiger partial charge in [-0.1, -0.05) is 17.7 Å². The minimum absolute atomic E-state index is 0.111. The molecule has 1 heterocycles. The second-order valence-corrected chi connectivity index (χ2v) is 4.79. The van der Waals surface area contributed by atoms with Crippen LogP contribution in [0.2, 0.25) is 5.02 Å². The summed E-state index contributed by atoms with van der Waals surface area (Å²) in [6.07, 6.45) is 1.39. The van der Waals surface area contributed by atoms with Gasteiger partial charge < -0.3 is 10.1 Å². The molecule has 0 unspecified atom stereocenters. The lowest BCUT2D eigenvalue weighted by Gasteiger charge is -2.12. The number of carbonyl (C=O) groups is 1. The first-order valence-corrected chi connectivity index (χ1v) is 6.22. The summed E-state index contributed by atoms with van der Waals surface area (Å²) < 4.78 is 5.99. The highest BCUT2D eigenvalue weighted by molar-refractivity contribution is 9.10. The van der Waals surface area contributed by atoms with Crippen molar-refractivity contribution in [2.45, 2.75) is 18.9 Å². The van der Waals surface area contributed by atoms with Gasteiger partial charge in [-0.2, -0.15) is 0 Å². The predicted octanol–water partition coefficient (Wildman–Crippen LogP) is 3.22. The summed E-state index contributed by atoms with van der Waals surface area (Å²) in [6, 6.07) is 5.34. The van der Waals surface area contributed by atoms with Crippen LogP contribution in [0.3, 0.4) is 0 Å². The van der Waals surface area contributed by atoms with Crippen LogP contribution in [0.1, 0.15) is 12.8 Å². The van der Waals surface area contributed by atoms with Crippen LogP contribution in [-0.2, 0) is 9.53 Å². The van der Waals surface area contributed by atoms with Gasteiger partial charge in [-0.25, -0.2) is 0 Å². The maximum atomic E-state index is 11.8. The van der Waals surface area contributed by atoms with Crippen molar-refractivity contribution in [1.82, 2.24) is 0 Å². The van der Waals surface area contributed by atoms with Gasteiger partial charge in [0.15, 0.2) is 0 Å². The number of anilines is 1. The lowest BCUT2D eigenvalue weighted by Crippen LogP contribution is -2.26. The Morgan fingerprint density at radius 2 is 2.38 bits per heavy atom. The fourth-order valence-corrected chi connectivity index (χ4v) is 2.14. The minimum atomic E-state index is -0.328. The van der Waals surface area contributed by atoms with Gasteiger partial charge in [0.2, 0.25) is 0 Å². The molecule has 1 amide bonds. The van der Waals surface area contributed by atoms with E-state index in [4.69, 9.17) is 16.3 Å². The molecule has 0 aliphatic carbocycles. The topological polar surface area (TPSA) is 38.3 Å². The number of hydrogen-bond acceptors (Lipinski definition) is 2. The van der Waals surface area contributed by atoms with Gasteiger partial charge in [-0.05, 0) is 40.9 Å². The fourth-order valence-electron chi connectivity index (χ4n) is 1.60. The van der Waals surface area contributed by atoms with E-state index in [2.05, 4.69) is 21.2 Å². The Kier molecular flexibility index (Phi) is 3.84. The third kappa shape index (κ3) is 2.56. The zero-order valence-corrected chi connectivity index (χ0v) is 10.8. The normalized spacial score (nSPS) is 19.8. The Hall–Kier alpha value is -0.580. The Bertz CT molecular complexity index is 405. The number of rotatable bonds is 2. The maximum absolute atomic E-state index is 11.8. The highest BCUT2D eigenvalue weighted by Gasteiger charge is 2.24. The minimum Gasteiger partial charge on any atom is -0.368 e. The Labute approximate surface area is 107 Å². The SMILES string of the molecule is O=C(Nc1cccc(Cl)c1Br)[C@H]1CCCO1. The second kappa shape index (κ2) is 5.17. The van der Waals surface area contributed by atoms with Gasteiger partial charge in [0.1, 0.15) is 6.10 Å². The summed E-state index contributed by atoms with van der Waals surface area (Å²) in [4.78, 5) is 11.8. The summed E-state index contributed by atoms with van der Waals surface area (Å²) in [5, 5.41) is 3.37. The number of nitrogens with one attached hydrogen (secondary N) is 1. The average Bonchev–Trinajstić information content (AvgIpc) is 2.78. The largest absolute Gasteiger partial charge is 0.368 e. The van der Waals surface area contributed by atoms with E-state index in [1.54, 1.807) is 18.2 Å². The van der Waals surface area contributed by atoms with Crippen LogP contribution in [0, 0.1) is 0 Å². The third-order valence-electron chi connectivity index (χ3n) is 2.43. The lowest BCUT2D eigenvalue weighted by molar-refractivity contribution is -0.124. The van der Waals surface area contributed by atoms with Crippen LogP contribution in [0.15, 0.2) is 22.7 Å². The number of ether oxygens (including phenoxy) is 1. The Balaban J connectivity index is 2.08. The van der Waals surface area contributed by atoms with Gasteiger partial charge in [-0.3, -0.25) is 4.79 Å². The third-order valence-corrected chi connectivity index (χ3v) is 3.83. The highest BCUT2D eigenvalue weighted by Crippen LogP contribution is 2.30. The Morgan fingerprint density at radius 1 is 1.56 bits per heavy atom. The van der Waals surface area contributed by atoms with Crippen LogP contribution in [0.5, 0.6) is 0 Å². The smallest absolute Gasteiger partial charge is 0.253 e. The number of benzene rings is 1. The quantitative estimate of drug-likeness (QED) is 0.911. The zero-order chi connectivity index (χ0) is 11.5. The number of amides is 1. The predicted molar refractivity (Wildman–Crippen MR) is 66.8 cm³/mol. The molecule has 0 bridgehead atoms. The van der Waals surface area contributed by atoms with E-state index in [0.29, 0.717) is 21.8 Å². The van der Waals surface area contributed by atoms with Gasteiger partial charge in [0, 0.05) is 6.61 Å². The molecule has 2 rings (SSSR count). The monoisotopic (exact) mass is 303 g/mol. The van der Waals surface area contributed by atoms with Gasteiger partial charge in [0.25, 0.3) is 5.91 Å². The van der Waals surface area contributed by atoms with Crippen molar-refractivity contribution >= 4 is 39.1 Å². The van der Waals surface area contributed by atoms with Gasteiger partial charge in [0.05, 0.1) is 15.2 Å². The van der Waals surface area contributed by atoms with Crippen molar-refractivity contribution in [3.8, 4) is 0 Å². The summed E-state index contributed by atoms with van der Waals surface area (Å²) in [5.74, 6) is -0.111. The molecule has 1 saturated heterocycles. The summed E-state index contributed by atoms with van der Waals surface area (Å²) in [5.41, 5.74) is 0.674. The van der Waals surface area contributed by atoms with E-state index >= 15 is 0 Å². The molecule has 86 valence electrons. The van der Waals surface area contributed by atoms with Crippen molar-refractivity contribution in [2.75, 3.05) is 11.9 Å². The van der Waals surface area contributed by atoms with E-state index in [1.807, 2.05) is 0 Å². The van der Waals surface area contributed by atoms with E-state index in [-0.39, 0.29) is 12.0 Å². The van der Waals surface area contributed by atoms with E-state index in [9.17, 15) is 4.79 Å². The molecule has 1 fully saturated rings. The summed E-state index contributed by atoms with van der Waals surface area (Å²) in [7, 11) is 0. The van der Waals surface area contributed by atoms with Gasteiger partial charge in [-0.15, -0.1) is 0 Å². The standard InChI is InChI=1S/C11H11BrClNO2/c12-10-7(13)3-1-4-8(10)14-11(15)9-5-2-6-16-9/h1,3-4,9H,2,5-6H2,(H,14,15)/t9-/m1/s1. The van der Waals surface area contributed by atoms with Crippen molar-refractivity contribution < 1.29 is 9.53 Å². The van der Waals surface area contributed by atoms with Crippen molar-refractivity contribution in [3.63, 3.8) is 0 Å². The van der Waals surface area contributed by atoms with E-state index < -0.39 is 0 Å². The first-order chi connectivity index (χ1) is 7.68. The molecule has 1 atom stereocenters. The summed E-state index contributed by atoms with van der Waals surface area (Å²) in [6.45, 7) is 0.662. The number of halogens is 2. The van der Waals surface area contributed by atoms with Crippen LogP contribution in [0.25, 0.3) is 0 Å². The first kappa shape index (κ1) is 11.9. The van der Waals surface area contributed by atoms with Crippen molar-refractivity contribution in [1.29, 1.82) is 0 Å². The molecule has 1 N–H and O–H groups in total. The lowest BCUT2D eigenvalue weighted by atomic mass is 10.2. The molecule has 1 aliphatic heterocycles. The molecule has 1 aromatic carbocycles. The molecule has 1 aliphatic rings. The maximum Gasteiger partial charge on any atom is 0.253 e.